The third-order valence-corrected chi connectivity index (χ3v) is 5.95. The van der Waals surface area contributed by atoms with E-state index in [-0.39, 0.29) is 25.0 Å². The van der Waals surface area contributed by atoms with Crippen LogP contribution in [0.25, 0.3) is 0 Å². The van der Waals surface area contributed by atoms with Gasteiger partial charge in [0.2, 0.25) is 5.91 Å². The molecule has 0 heterocycles. The molecule has 1 N–H and O–H groups in total. The molecule has 190 valence electrons. The highest BCUT2D eigenvalue weighted by molar-refractivity contribution is 6.30. The van der Waals surface area contributed by atoms with E-state index in [1.807, 2.05) is 48.5 Å². The Morgan fingerprint density at radius 3 is 2.25 bits per heavy atom. The molecule has 1 atom stereocenters. The van der Waals surface area contributed by atoms with Crippen molar-refractivity contribution in [3.63, 3.8) is 0 Å². The minimum atomic E-state index is -0.710. The maximum absolute atomic E-state index is 13.1. The SMILES string of the molecule is COc1ccc(CCNC(=O)[C@H](C)N(Cc2ccc(Cl)cc2)C(=O)COc2ccccc2)cc1OC. The van der Waals surface area contributed by atoms with Crippen LogP contribution in [0.2, 0.25) is 5.02 Å². The van der Waals surface area contributed by atoms with Gasteiger partial charge >= 0.3 is 0 Å². The minimum absolute atomic E-state index is 0.180. The molecule has 0 unspecified atom stereocenters. The molecule has 0 bridgehead atoms. The number of hydrogen-bond acceptors (Lipinski definition) is 5. The molecule has 0 saturated carbocycles. The van der Waals surface area contributed by atoms with E-state index in [1.165, 1.54) is 4.90 Å². The zero-order valence-electron chi connectivity index (χ0n) is 20.7. The van der Waals surface area contributed by atoms with E-state index in [2.05, 4.69) is 5.32 Å². The van der Waals surface area contributed by atoms with Gasteiger partial charge in [-0.05, 0) is 60.9 Å². The van der Waals surface area contributed by atoms with Gasteiger partial charge in [-0.1, -0.05) is 48.0 Å². The number of ether oxygens (including phenoxy) is 3. The summed E-state index contributed by atoms with van der Waals surface area (Å²) in [6.07, 6.45) is 0.598. The van der Waals surface area contributed by atoms with Gasteiger partial charge in [0.1, 0.15) is 11.8 Å². The molecule has 0 spiro atoms. The van der Waals surface area contributed by atoms with Crippen LogP contribution in [-0.4, -0.2) is 50.1 Å². The number of nitrogens with zero attached hydrogens (tertiary/aromatic N) is 1. The van der Waals surface area contributed by atoms with Crippen LogP contribution in [0.5, 0.6) is 17.2 Å². The normalized spacial score (nSPS) is 11.3. The Morgan fingerprint density at radius 2 is 1.58 bits per heavy atom. The first-order valence-corrected chi connectivity index (χ1v) is 12.0. The second kappa shape index (κ2) is 13.4. The first-order chi connectivity index (χ1) is 17.4. The fourth-order valence-corrected chi connectivity index (χ4v) is 3.75. The van der Waals surface area contributed by atoms with E-state index in [0.717, 1.165) is 11.1 Å². The van der Waals surface area contributed by atoms with Gasteiger partial charge in [-0.2, -0.15) is 0 Å². The molecule has 36 heavy (non-hydrogen) atoms. The molecular weight excluding hydrogens is 480 g/mol. The maximum atomic E-state index is 13.1. The average molecular weight is 511 g/mol. The number of amides is 2. The lowest BCUT2D eigenvalue weighted by atomic mass is 10.1. The van der Waals surface area contributed by atoms with Crippen LogP contribution in [-0.2, 0) is 22.6 Å². The summed E-state index contributed by atoms with van der Waals surface area (Å²) < 4.78 is 16.3. The predicted molar refractivity (Wildman–Crippen MR) is 140 cm³/mol. The monoisotopic (exact) mass is 510 g/mol. The molecular formula is C28H31ClN2O5. The zero-order chi connectivity index (χ0) is 25.9. The summed E-state index contributed by atoms with van der Waals surface area (Å²) in [4.78, 5) is 27.7. The fourth-order valence-electron chi connectivity index (χ4n) is 3.63. The summed E-state index contributed by atoms with van der Waals surface area (Å²) in [5.41, 5.74) is 1.85. The first kappa shape index (κ1) is 26.9. The Hall–Kier alpha value is -3.71. The average Bonchev–Trinajstić information content (AvgIpc) is 2.91. The quantitative estimate of drug-likeness (QED) is 0.388. The number of nitrogens with one attached hydrogen (secondary N) is 1. The molecule has 0 saturated heterocycles. The molecule has 3 rings (SSSR count). The van der Waals surface area contributed by atoms with Gasteiger partial charge in [0.25, 0.3) is 5.91 Å². The van der Waals surface area contributed by atoms with Crippen LogP contribution in [0.15, 0.2) is 72.8 Å². The highest BCUT2D eigenvalue weighted by atomic mass is 35.5. The van der Waals surface area contributed by atoms with Crippen LogP contribution in [0.1, 0.15) is 18.1 Å². The zero-order valence-corrected chi connectivity index (χ0v) is 21.5. The Kier molecular flexibility index (Phi) is 10.0. The van der Waals surface area contributed by atoms with Gasteiger partial charge in [-0.15, -0.1) is 0 Å². The molecule has 0 aromatic heterocycles. The number of para-hydroxylation sites is 1. The van der Waals surface area contributed by atoms with Gasteiger partial charge in [0, 0.05) is 18.1 Å². The number of hydrogen-bond donors (Lipinski definition) is 1. The van der Waals surface area contributed by atoms with Crippen LogP contribution >= 0.6 is 11.6 Å². The van der Waals surface area contributed by atoms with E-state index in [4.69, 9.17) is 25.8 Å². The van der Waals surface area contributed by atoms with Crippen molar-refractivity contribution in [2.24, 2.45) is 0 Å². The van der Waals surface area contributed by atoms with Crippen molar-refractivity contribution in [3.8, 4) is 17.2 Å². The Bertz CT molecular complexity index is 1140. The van der Waals surface area contributed by atoms with E-state index in [9.17, 15) is 9.59 Å². The van der Waals surface area contributed by atoms with Crippen molar-refractivity contribution < 1.29 is 23.8 Å². The summed E-state index contributed by atoms with van der Waals surface area (Å²) in [6.45, 7) is 2.18. The van der Waals surface area contributed by atoms with Gasteiger partial charge < -0.3 is 24.4 Å². The van der Waals surface area contributed by atoms with E-state index >= 15 is 0 Å². The smallest absolute Gasteiger partial charge is 0.261 e. The molecule has 2 amide bonds. The van der Waals surface area contributed by atoms with E-state index in [0.29, 0.717) is 35.2 Å². The van der Waals surface area contributed by atoms with Crippen molar-refractivity contribution >= 4 is 23.4 Å². The molecule has 3 aromatic carbocycles. The van der Waals surface area contributed by atoms with Crippen LogP contribution in [0.3, 0.4) is 0 Å². The lowest BCUT2D eigenvalue weighted by molar-refractivity contribution is -0.142. The Balaban J connectivity index is 1.64. The lowest BCUT2D eigenvalue weighted by Crippen LogP contribution is -2.49. The van der Waals surface area contributed by atoms with E-state index in [1.54, 1.807) is 45.4 Å². The second-order valence-electron chi connectivity index (χ2n) is 8.16. The van der Waals surface area contributed by atoms with Crippen molar-refractivity contribution in [2.45, 2.75) is 25.9 Å². The highest BCUT2D eigenvalue weighted by Gasteiger charge is 2.26. The van der Waals surface area contributed by atoms with Crippen LogP contribution < -0.4 is 19.5 Å². The molecule has 0 fully saturated rings. The molecule has 3 aromatic rings. The van der Waals surface area contributed by atoms with Crippen molar-refractivity contribution in [1.29, 1.82) is 0 Å². The largest absolute Gasteiger partial charge is 0.493 e. The third-order valence-electron chi connectivity index (χ3n) is 5.70. The standard InChI is InChI=1S/C28H31ClN2O5/c1-20(28(33)30-16-15-21-11-14-25(34-2)26(17-21)35-3)31(18-22-9-12-23(29)13-10-22)27(32)19-36-24-7-5-4-6-8-24/h4-14,17,20H,15-16,18-19H2,1-3H3,(H,30,33)/t20-/m0/s1. The molecule has 0 aliphatic heterocycles. The number of benzene rings is 3. The van der Waals surface area contributed by atoms with Crippen molar-refractivity contribution in [3.05, 3.63) is 88.9 Å². The number of carbonyl (C=O) groups excluding carboxylic acids is 2. The maximum Gasteiger partial charge on any atom is 0.261 e. The van der Waals surface area contributed by atoms with Gasteiger partial charge in [0.05, 0.1) is 14.2 Å². The van der Waals surface area contributed by atoms with Gasteiger partial charge in [-0.25, -0.2) is 0 Å². The number of halogens is 1. The van der Waals surface area contributed by atoms with Crippen molar-refractivity contribution in [2.75, 3.05) is 27.4 Å². The molecule has 7 nitrogen and oxygen atoms in total. The molecule has 8 heteroatoms. The fraction of sp³-hybridized carbons (Fsp3) is 0.286. The van der Waals surface area contributed by atoms with Crippen LogP contribution in [0.4, 0.5) is 0 Å². The summed E-state index contributed by atoms with van der Waals surface area (Å²) in [5, 5.41) is 3.54. The van der Waals surface area contributed by atoms with Crippen LogP contribution in [0, 0.1) is 0 Å². The number of carbonyl (C=O) groups is 2. The summed E-state index contributed by atoms with van der Waals surface area (Å²) in [6, 6.07) is 21.2. The molecule has 0 radical (unpaired) electrons. The Labute approximate surface area is 216 Å². The van der Waals surface area contributed by atoms with Crippen molar-refractivity contribution in [1.82, 2.24) is 10.2 Å². The van der Waals surface area contributed by atoms with Gasteiger partial charge in [0.15, 0.2) is 18.1 Å². The third kappa shape index (κ3) is 7.65. The number of rotatable bonds is 12. The van der Waals surface area contributed by atoms with E-state index < -0.39 is 6.04 Å². The molecule has 0 aliphatic rings. The Morgan fingerprint density at radius 1 is 0.917 bits per heavy atom. The molecule has 0 aliphatic carbocycles. The summed E-state index contributed by atoms with van der Waals surface area (Å²) >= 11 is 6.01. The predicted octanol–water partition coefficient (Wildman–Crippen LogP) is 4.51. The topological polar surface area (TPSA) is 77.1 Å². The summed E-state index contributed by atoms with van der Waals surface area (Å²) in [5.74, 6) is 1.32. The second-order valence-corrected chi connectivity index (χ2v) is 8.59. The highest BCUT2D eigenvalue weighted by Crippen LogP contribution is 2.27. The van der Waals surface area contributed by atoms with Gasteiger partial charge in [-0.3, -0.25) is 9.59 Å². The lowest BCUT2D eigenvalue weighted by Gasteiger charge is -2.28. The first-order valence-electron chi connectivity index (χ1n) is 11.6. The minimum Gasteiger partial charge on any atom is -0.493 e. The number of methoxy groups -OCH3 is 2. The summed E-state index contributed by atoms with van der Waals surface area (Å²) in [7, 11) is 3.17.